The van der Waals surface area contributed by atoms with Crippen molar-refractivity contribution in [3.05, 3.63) is 64.6 Å². The fraction of sp³-hybridized carbons (Fsp3) is 0.381. The van der Waals surface area contributed by atoms with E-state index in [9.17, 15) is 4.79 Å². The Bertz CT molecular complexity index is 956. The van der Waals surface area contributed by atoms with Gasteiger partial charge in [0.1, 0.15) is 0 Å². The third-order valence-corrected chi connectivity index (χ3v) is 5.06. The maximum Gasteiger partial charge on any atom is 0.419 e. The highest BCUT2D eigenvalue weighted by atomic mass is 16.5. The predicted octanol–water partition coefficient (Wildman–Crippen LogP) is 2.56. The van der Waals surface area contributed by atoms with Gasteiger partial charge in [-0.1, -0.05) is 30.3 Å². The number of hydrogen-bond donors (Lipinski definition) is 0. The molecule has 0 radical (unpaired) electrons. The summed E-state index contributed by atoms with van der Waals surface area (Å²) in [4.78, 5) is 16.8. The topological polar surface area (TPSA) is 50.9 Å². The van der Waals surface area contributed by atoms with Gasteiger partial charge >= 0.3 is 5.76 Å². The molecule has 1 aliphatic rings. The van der Waals surface area contributed by atoms with Gasteiger partial charge in [0, 0.05) is 38.4 Å². The Kier molecular flexibility index (Phi) is 5.27. The van der Waals surface area contributed by atoms with Crippen LogP contribution in [0.25, 0.3) is 11.1 Å². The molecule has 0 amide bonds. The number of oxazole rings is 1. The van der Waals surface area contributed by atoms with Crippen molar-refractivity contribution >= 4 is 16.8 Å². The molecule has 1 aliphatic heterocycles. The average molecular weight is 367 g/mol. The first kappa shape index (κ1) is 17.8. The van der Waals surface area contributed by atoms with Crippen molar-refractivity contribution in [3.8, 4) is 0 Å². The zero-order valence-corrected chi connectivity index (χ0v) is 15.6. The summed E-state index contributed by atoms with van der Waals surface area (Å²) in [6, 6.07) is 16.1. The van der Waals surface area contributed by atoms with Crippen LogP contribution in [0.15, 0.2) is 57.7 Å². The first-order chi connectivity index (χ1) is 13.2. The Morgan fingerprint density at radius 2 is 1.78 bits per heavy atom. The fourth-order valence-electron chi connectivity index (χ4n) is 3.62. The van der Waals surface area contributed by atoms with Crippen molar-refractivity contribution in [2.75, 3.05) is 44.8 Å². The summed E-state index contributed by atoms with van der Waals surface area (Å²) in [6.07, 6.45) is 0. The molecular weight excluding hydrogens is 342 g/mol. The Balaban J connectivity index is 1.45. The molecule has 1 saturated heterocycles. The van der Waals surface area contributed by atoms with Gasteiger partial charge in [-0.2, -0.15) is 0 Å². The summed E-state index contributed by atoms with van der Waals surface area (Å²) >= 11 is 0. The molecule has 3 aromatic rings. The highest BCUT2D eigenvalue weighted by Gasteiger charge is 2.15. The van der Waals surface area contributed by atoms with Crippen molar-refractivity contribution in [1.82, 2.24) is 9.47 Å². The number of rotatable bonds is 6. The number of morpholine rings is 1. The number of nitrogens with zero attached hydrogens (tertiary/aromatic N) is 3. The number of aromatic nitrogens is 1. The van der Waals surface area contributed by atoms with Gasteiger partial charge in [-0.25, -0.2) is 4.79 Å². The number of ether oxygens (including phenoxy) is 1. The summed E-state index contributed by atoms with van der Waals surface area (Å²) in [5.41, 5.74) is 4.07. The van der Waals surface area contributed by atoms with Crippen LogP contribution >= 0.6 is 0 Å². The third kappa shape index (κ3) is 3.91. The van der Waals surface area contributed by atoms with Crippen LogP contribution in [0.2, 0.25) is 0 Å². The van der Waals surface area contributed by atoms with Gasteiger partial charge < -0.3 is 19.0 Å². The van der Waals surface area contributed by atoms with Crippen LogP contribution in [0.1, 0.15) is 5.56 Å². The summed E-state index contributed by atoms with van der Waals surface area (Å²) < 4.78 is 12.5. The van der Waals surface area contributed by atoms with Crippen LogP contribution < -0.4 is 10.7 Å². The second kappa shape index (κ2) is 7.98. The van der Waals surface area contributed by atoms with Gasteiger partial charge in [0.05, 0.1) is 18.7 Å². The summed E-state index contributed by atoms with van der Waals surface area (Å²) in [5.74, 6) is -0.293. The minimum atomic E-state index is -0.293. The van der Waals surface area contributed by atoms with Gasteiger partial charge in [-0.05, 0) is 30.8 Å². The molecule has 0 bridgehead atoms. The van der Waals surface area contributed by atoms with Crippen molar-refractivity contribution in [3.63, 3.8) is 0 Å². The van der Waals surface area contributed by atoms with Gasteiger partial charge in [0.2, 0.25) is 0 Å². The largest absolute Gasteiger partial charge is 0.419 e. The van der Waals surface area contributed by atoms with E-state index in [4.69, 9.17) is 9.15 Å². The lowest BCUT2D eigenvalue weighted by atomic mass is 10.1. The number of benzene rings is 2. The summed E-state index contributed by atoms with van der Waals surface area (Å²) in [6.45, 7) is 5.61. The van der Waals surface area contributed by atoms with E-state index >= 15 is 0 Å². The number of anilines is 1. The Labute approximate surface area is 158 Å². The minimum absolute atomic E-state index is 0.293. The highest BCUT2D eigenvalue weighted by molar-refractivity contribution is 5.72. The first-order valence-electron chi connectivity index (χ1n) is 9.40. The Morgan fingerprint density at radius 1 is 1.04 bits per heavy atom. The molecule has 1 aromatic heterocycles. The zero-order chi connectivity index (χ0) is 18.6. The molecule has 0 saturated carbocycles. The summed E-state index contributed by atoms with van der Waals surface area (Å²) in [5, 5.41) is 0. The van der Waals surface area contributed by atoms with Crippen LogP contribution in [0, 0.1) is 0 Å². The van der Waals surface area contributed by atoms with E-state index in [1.54, 1.807) is 4.57 Å². The molecule has 142 valence electrons. The van der Waals surface area contributed by atoms with Gasteiger partial charge in [-0.15, -0.1) is 0 Å². The Hall–Kier alpha value is -2.57. The highest BCUT2D eigenvalue weighted by Crippen LogP contribution is 2.22. The van der Waals surface area contributed by atoms with Crippen molar-refractivity contribution in [2.24, 2.45) is 0 Å². The standard InChI is InChI=1S/C21H25N3O3/c1-22(10-11-24-19-8-4-5-9-20(19)27-21(24)25)16-17-6-2-3-7-18(17)23-12-14-26-15-13-23/h2-9H,10-16H2,1H3. The molecular formula is C21H25N3O3. The fourth-order valence-corrected chi connectivity index (χ4v) is 3.62. The molecule has 27 heavy (non-hydrogen) atoms. The molecule has 1 fully saturated rings. The quantitative estimate of drug-likeness (QED) is 0.670. The molecule has 2 heterocycles. The van der Waals surface area contributed by atoms with Crippen molar-refractivity contribution in [2.45, 2.75) is 13.1 Å². The van der Waals surface area contributed by atoms with Crippen molar-refractivity contribution in [1.29, 1.82) is 0 Å². The lowest BCUT2D eigenvalue weighted by Gasteiger charge is -2.31. The minimum Gasteiger partial charge on any atom is -0.408 e. The predicted molar refractivity (Wildman–Crippen MR) is 106 cm³/mol. The van der Waals surface area contributed by atoms with Crippen LogP contribution in [-0.2, 0) is 17.8 Å². The Morgan fingerprint density at radius 3 is 2.63 bits per heavy atom. The SMILES string of the molecule is CN(CCn1c(=O)oc2ccccc21)Cc1ccccc1N1CCOCC1. The van der Waals surface area contributed by atoms with Crippen LogP contribution in [0.4, 0.5) is 5.69 Å². The molecule has 0 spiro atoms. The average Bonchev–Trinajstić information content (AvgIpc) is 3.02. The molecule has 0 aliphatic carbocycles. The number of hydrogen-bond acceptors (Lipinski definition) is 5. The molecule has 6 nitrogen and oxygen atoms in total. The van der Waals surface area contributed by atoms with E-state index in [-0.39, 0.29) is 5.76 Å². The number of likely N-dealkylation sites (N-methyl/N-ethyl adjacent to an activating group) is 1. The van der Waals surface area contributed by atoms with Gasteiger partial charge in [0.15, 0.2) is 5.58 Å². The molecule has 2 aromatic carbocycles. The number of fused-ring (bicyclic) bond motifs is 1. The van der Waals surface area contributed by atoms with E-state index < -0.39 is 0 Å². The zero-order valence-electron chi connectivity index (χ0n) is 15.6. The van der Waals surface area contributed by atoms with E-state index in [1.165, 1.54) is 11.3 Å². The lowest BCUT2D eigenvalue weighted by Crippen LogP contribution is -2.37. The van der Waals surface area contributed by atoms with E-state index in [2.05, 4.69) is 41.1 Å². The van der Waals surface area contributed by atoms with Crippen LogP contribution in [0.3, 0.4) is 0 Å². The van der Waals surface area contributed by atoms with Crippen molar-refractivity contribution < 1.29 is 9.15 Å². The lowest BCUT2D eigenvalue weighted by molar-refractivity contribution is 0.122. The van der Waals surface area contributed by atoms with Crippen LogP contribution in [-0.4, -0.2) is 49.4 Å². The molecule has 0 unspecified atom stereocenters. The van der Waals surface area contributed by atoms with E-state index in [0.29, 0.717) is 12.1 Å². The van der Waals surface area contributed by atoms with Crippen LogP contribution in [0.5, 0.6) is 0 Å². The normalized spacial score (nSPS) is 15.0. The summed E-state index contributed by atoms with van der Waals surface area (Å²) in [7, 11) is 2.09. The molecule has 6 heteroatoms. The van der Waals surface area contributed by atoms with E-state index in [1.807, 2.05) is 24.3 Å². The van der Waals surface area contributed by atoms with Gasteiger partial charge in [0.25, 0.3) is 0 Å². The smallest absolute Gasteiger partial charge is 0.408 e. The molecule has 0 atom stereocenters. The molecule has 0 N–H and O–H groups in total. The third-order valence-electron chi connectivity index (χ3n) is 5.06. The number of para-hydroxylation sites is 3. The second-order valence-electron chi connectivity index (χ2n) is 6.95. The molecule has 4 rings (SSSR count). The maximum absolute atomic E-state index is 12.1. The maximum atomic E-state index is 12.1. The first-order valence-corrected chi connectivity index (χ1v) is 9.40. The van der Waals surface area contributed by atoms with E-state index in [0.717, 1.165) is 44.9 Å². The second-order valence-corrected chi connectivity index (χ2v) is 6.95. The monoisotopic (exact) mass is 367 g/mol. The van der Waals surface area contributed by atoms with Gasteiger partial charge in [-0.3, -0.25) is 4.57 Å².